The Kier molecular flexibility index (Phi) is 10.3. The van der Waals surface area contributed by atoms with Gasteiger partial charge in [0.1, 0.15) is 0 Å². The van der Waals surface area contributed by atoms with E-state index in [0.717, 1.165) is 36.3 Å². The molecule has 3 saturated heterocycles. The summed E-state index contributed by atoms with van der Waals surface area (Å²) in [7, 11) is 0. The number of benzene rings is 2. The van der Waals surface area contributed by atoms with Crippen LogP contribution in [0.4, 0.5) is 5.69 Å². The first-order valence-corrected chi connectivity index (χ1v) is 15.4. The van der Waals surface area contributed by atoms with Crippen molar-refractivity contribution in [1.82, 2.24) is 9.80 Å². The van der Waals surface area contributed by atoms with Crippen LogP contribution >= 0.6 is 0 Å². The predicted octanol–water partition coefficient (Wildman–Crippen LogP) is 4.42. The molecule has 228 valence electrons. The second-order valence-corrected chi connectivity index (χ2v) is 12.0. The number of hydrogen-bond acceptors (Lipinski definition) is 8. The molecule has 3 aliphatic heterocycles. The molecule has 2 aromatic carbocycles. The van der Waals surface area contributed by atoms with Crippen LogP contribution in [0.1, 0.15) is 75.5 Å². The number of nitrogens with one attached hydrogen (secondary N) is 1. The first-order chi connectivity index (χ1) is 20.3. The summed E-state index contributed by atoms with van der Waals surface area (Å²) >= 11 is 0. The lowest BCUT2D eigenvalue weighted by molar-refractivity contribution is -0.276. The second-order valence-electron chi connectivity index (χ2n) is 12.0. The van der Waals surface area contributed by atoms with Gasteiger partial charge in [-0.15, -0.1) is 0 Å². The number of carbonyl (C=O) groups is 2. The van der Waals surface area contributed by atoms with Gasteiger partial charge in [-0.1, -0.05) is 43.3 Å². The lowest BCUT2D eigenvalue weighted by Gasteiger charge is -2.43. The maximum atomic E-state index is 12.4. The molecular weight excluding hydrogens is 534 g/mol. The van der Waals surface area contributed by atoms with Crippen LogP contribution in [0.2, 0.25) is 0 Å². The summed E-state index contributed by atoms with van der Waals surface area (Å²) in [6.07, 6.45) is 3.39. The van der Waals surface area contributed by atoms with Gasteiger partial charge in [0, 0.05) is 43.2 Å². The SMILES string of the molecule is CC(=O)O[C@@H](C)C(=O)Nc1ccc([C@@H]2O[C@H](CN3CCC[C@H]3CN3CCCC3)[C@H](C)[C@H](c3ccc(CO)cc3)O2)cc1. The molecule has 3 fully saturated rings. The molecule has 2 N–H and O–H groups in total. The van der Waals surface area contributed by atoms with E-state index >= 15 is 0 Å². The summed E-state index contributed by atoms with van der Waals surface area (Å²) in [5, 5.41) is 12.3. The van der Waals surface area contributed by atoms with Gasteiger partial charge in [0.25, 0.3) is 5.91 Å². The molecule has 0 bridgehead atoms. The molecule has 1 amide bonds. The van der Waals surface area contributed by atoms with Crippen molar-refractivity contribution in [2.75, 3.05) is 38.0 Å². The van der Waals surface area contributed by atoms with Gasteiger partial charge in [-0.3, -0.25) is 14.5 Å². The van der Waals surface area contributed by atoms with Crippen LogP contribution in [-0.4, -0.2) is 77.8 Å². The molecule has 0 radical (unpaired) electrons. The fourth-order valence-corrected chi connectivity index (χ4v) is 6.43. The number of hydrogen-bond donors (Lipinski definition) is 2. The molecule has 9 heteroatoms. The molecule has 6 atom stereocenters. The number of esters is 1. The molecule has 9 nitrogen and oxygen atoms in total. The molecule has 3 aliphatic rings. The van der Waals surface area contributed by atoms with Crippen LogP contribution in [0.5, 0.6) is 0 Å². The lowest BCUT2D eigenvalue weighted by Crippen LogP contribution is -2.48. The predicted molar refractivity (Wildman–Crippen MR) is 160 cm³/mol. The first kappa shape index (κ1) is 30.6. The van der Waals surface area contributed by atoms with E-state index in [1.165, 1.54) is 45.7 Å². The van der Waals surface area contributed by atoms with E-state index in [1.807, 2.05) is 48.5 Å². The molecule has 42 heavy (non-hydrogen) atoms. The summed E-state index contributed by atoms with van der Waals surface area (Å²) in [6, 6.07) is 16.0. The fraction of sp³-hybridized carbons (Fsp3) is 0.576. The van der Waals surface area contributed by atoms with Crippen molar-refractivity contribution in [2.24, 2.45) is 5.92 Å². The van der Waals surface area contributed by atoms with Gasteiger partial charge in [-0.2, -0.15) is 0 Å². The third-order valence-corrected chi connectivity index (χ3v) is 8.87. The Bertz CT molecular complexity index is 1180. The van der Waals surface area contributed by atoms with E-state index in [4.69, 9.17) is 14.2 Å². The van der Waals surface area contributed by atoms with Crippen molar-refractivity contribution < 1.29 is 28.9 Å². The molecule has 3 heterocycles. The Morgan fingerprint density at radius 3 is 2.33 bits per heavy atom. The Hall–Kier alpha value is -2.82. The Balaban J connectivity index is 1.32. The van der Waals surface area contributed by atoms with Gasteiger partial charge in [0.05, 0.1) is 18.8 Å². The standard InChI is InChI=1S/C33H45N3O6/c1-22-30(20-36-18-6-7-29(36)19-35-16-4-5-17-35)41-33(42-31(22)26-10-8-25(21-37)9-11-26)27-12-14-28(15-13-27)34-32(39)23(2)40-24(3)38/h8-15,22-23,29-31,33,37H,4-7,16-21H2,1-3H3,(H,34,39)/t22-,23-,29-,30+,31+,33+/m0/s1. The number of aliphatic hydroxyl groups is 1. The lowest BCUT2D eigenvalue weighted by atomic mass is 9.90. The summed E-state index contributed by atoms with van der Waals surface area (Å²) in [6.45, 7) is 10.5. The van der Waals surface area contributed by atoms with Gasteiger partial charge in [-0.05, 0) is 75.5 Å². The van der Waals surface area contributed by atoms with E-state index in [-0.39, 0.29) is 24.7 Å². The summed E-state index contributed by atoms with van der Waals surface area (Å²) < 4.78 is 18.3. The Morgan fingerprint density at radius 1 is 0.976 bits per heavy atom. The minimum absolute atomic E-state index is 0.00558. The molecular formula is C33H45N3O6. The summed E-state index contributed by atoms with van der Waals surface area (Å²) in [4.78, 5) is 28.8. The van der Waals surface area contributed by atoms with Crippen LogP contribution in [0.25, 0.3) is 0 Å². The van der Waals surface area contributed by atoms with Crippen molar-refractivity contribution in [1.29, 1.82) is 0 Å². The van der Waals surface area contributed by atoms with E-state index in [9.17, 15) is 14.7 Å². The zero-order valence-corrected chi connectivity index (χ0v) is 25.0. The highest BCUT2D eigenvalue weighted by Gasteiger charge is 2.40. The summed E-state index contributed by atoms with van der Waals surface area (Å²) in [5.74, 6) is -0.770. The van der Waals surface area contributed by atoms with Crippen LogP contribution in [0.15, 0.2) is 48.5 Å². The minimum Gasteiger partial charge on any atom is -0.453 e. The number of anilines is 1. The highest BCUT2D eigenvalue weighted by atomic mass is 16.7. The molecule has 2 aromatic rings. The number of nitrogens with zero attached hydrogens (tertiary/aromatic N) is 2. The van der Waals surface area contributed by atoms with Crippen LogP contribution in [-0.2, 0) is 30.4 Å². The smallest absolute Gasteiger partial charge is 0.303 e. The topological polar surface area (TPSA) is 101 Å². The average molecular weight is 580 g/mol. The highest BCUT2D eigenvalue weighted by Crippen LogP contribution is 2.42. The molecule has 0 unspecified atom stereocenters. The molecule has 0 aliphatic carbocycles. The number of likely N-dealkylation sites (tertiary alicyclic amines) is 2. The second kappa shape index (κ2) is 14.1. The third-order valence-electron chi connectivity index (χ3n) is 8.87. The van der Waals surface area contributed by atoms with Gasteiger partial charge in [-0.25, -0.2) is 0 Å². The van der Waals surface area contributed by atoms with Crippen LogP contribution in [0, 0.1) is 5.92 Å². The van der Waals surface area contributed by atoms with Crippen molar-refractivity contribution in [3.8, 4) is 0 Å². The Morgan fingerprint density at radius 2 is 1.67 bits per heavy atom. The zero-order chi connectivity index (χ0) is 29.6. The van der Waals surface area contributed by atoms with Crippen molar-refractivity contribution in [3.05, 3.63) is 65.2 Å². The summed E-state index contributed by atoms with van der Waals surface area (Å²) in [5.41, 5.74) is 3.40. The Labute approximate surface area is 249 Å². The van der Waals surface area contributed by atoms with Crippen molar-refractivity contribution in [2.45, 2.75) is 83.7 Å². The zero-order valence-electron chi connectivity index (χ0n) is 25.0. The highest BCUT2D eigenvalue weighted by molar-refractivity contribution is 5.94. The maximum Gasteiger partial charge on any atom is 0.303 e. The average Bonchev–Trinajstić information content (AvgIpc) is 3.67. The van der Waals surface area contributed by atoms with Crippen LogP contribution in [0.3, 0.4) is 0 Å². The quantitative estimate of drug-likeness (QED) is 0.399. The molecule has 0 aromatic heterocycles. The molecule has 0 spiro atoms. The van der Waals surface area contributed by atoms with Gasteiger partial charge in [0.15, 0.2) is 12.4 Å². The number of rotatable bonds is 10. The number of ether oxygens (including phenoxy) is 3. The van der Waals surface area contributed by atoms with E-state index in [1.54, 1.807) is 6.92 Å². The van der Waals surface area contributed by atoms with Gasteiger partial charge < -0.3 is 29.5 Å². The number of carbonyl (C=O) groups excluding carboxylic acids is 2. The van der Waals surface area contributed by atoms with E-state index in [0.29, 0.717) is 11.7 Å². The normalized spacial score (nSPS) is 27.6. The largest absolute Gasteiger partial charge is 0.453 e. The van der Waals surface area contributed by atoms with Crippen molar-refractivity contribution in [3.63, 3.8) is 0 Å². The van der Waals surface area contributed by atoms with Crippen LogP contribution < -0.4 is 5.32 Å². The monoisotopic (exact) mass is 579 g/mol. The molecule has 0 saturated carbocycles. The first-order valence-electron chi connectivity index (χ1n) is 15.4. The fourth-order valence-electron chi connectivity index (χ4n) is 6.43. The van der Waals surface area contributed by atoms with Gasteiger partial charge >= 0.3 is 5.97 Å². The minimum atomic E-state index is -0.882. The number of aliphatic hydroxyl groups excluding tert-OH is 1. The number of amides is 1. The van der Waals surface area contributed by atoms with Gasteiger partial charge in [0.2, 0.25) is 0 Å². The van der Waals surface area contributed by atoms with E-state index < -0.39 is 24.3 Å². The van der Waals surface area contributed by atoms with Crippen molar-refractivity contribution >= 4 is 17.6 Å². The third kappa shape index (κ3) is 7.57. The molecule has 5 rings (SSSR count). The maximum absolute atomic E-state index is 12.4. The van der Waals surface area contributed by atoms with E-state index in [2.05, 4.69) is 22.0 Å².